The molecule has 0 saturated carbocycles. The van der Waals surface area contributed by atoms with Crippen molar-refractivity contribution in [3.05, 3.63) is 45.8 Å². The fraction of sp³-hybridized carbons (Fsp3) is 0.577. The van der Waals surface area contributed by atoms with Crippen molar-refractivity contribution in [1.82, 2.24) is 14.2 Å². The molecule has 13 nitrogen and oxygen atoms in total. The number of carbonyl (C=O) groups excluding carboxylic acids is 1. The average molecular weight is 580 g/mol. The summed E-state index contributed by atoms with van der Waals surface area (Å²) in [5.74, 6) is 0.0172. The number of amides is 1. The third-order valence-electron chi connectivity index (χ3n) is 7.35. The highest BCUT2D eigenvalue weighted by Crippen LogP contribution is 2.42. The van der Waals surface area contributed by atoms with E-state index in [1.54, 1.807) is 16.7 Å². The summed E-state index contributed by atoms with van der Waals surface area (Å²) in [5.41, 5.74) is 2.79. The second-order valence-electron chi connectivity index (χ2n) is 10.1. The third-order valence-corrected chi connectivity index (χ3v) is 9.24. The van der Waals surface area contributed by atoms with Gasteiger partial charge >= 0.3 is 0 Å². The third kappa shape index (κ3) is 6.03. The number of nitrogens with one attached hydrogen (secondary N) is 1. The van der Waals surface area contributed by atoms with Crippen molar-refractivity contribution in [2.75, 3.05) is 37.9 Å². The first-order chi connectivity index (χ1) is 19.1. The average Bonchev–Trinajstić information content (AvgIpc) is 3.27. The highest BCUT2D eigenvalue weighted by Gasteiger charge is 2.35. The molecule has 2 aromatic rings. The number of fused-ring (bicyclic) bond motifs is 1. The lowest BCUT2D eigenvalue weighted by molar-refractivity contribution is -0.759. The number of aryl methyl sites for hydroxylation is 2. The number of aliphatic hydroxyl groups is 1. The number of rotatable bonds is 12. The second kappa shape index (κ2) is 12.4. The minimum atomic E-state index is -3.90. The van der Waals surface area contributed by atoms with Crippen molar-refractivity contribution in [2.24, 2.45) is 13.0 Å². The topological polar surface area (TPSA) is 156 Å². The summed E-state index contributed by atoms with van der Waals surface area (Å²) in [7, 11) is -2.08. The van der Waals surface area contributed by atoms with Crippen LogP contribution in [0.25, 0.3) is 0 Å². The number of aliphatic hydroxyl groups excluding tert-OH is 1. The molecule has 1 atom stereocenters. The lowest BCUT2D eigenvalue weighted by atomic mass is 9.93. The Hall–Kier alpha value is -3.36. The van der Waals surface area contributed by atoms with Crippen molar-refractivity contribution in [3.63, 3.8) is 0 Å². The van der Waals surface area contributed by atoms with Crippen molar-refractivity contribution in [2.45, 2.75) is 57.0 Å². The van der Waals surface area contributed by atoms with Crippen LogP contribution in [0.4, 0.5) is 11.4 Å². The van der Waals surface area contributed by atoms with Crippen LogP contribution in [-0.2, 0) is 28.3 Å². The summed E-state index contributed by atoms with van der Waals surface area (Å²) < 4.78 is 36.6. The van der Waals surface area contributed by atoms with Crippen LogP contribution in [0.1, 0.15) is 55.6 Å². The van der Waals surface area contributed by atoms with Crippen LogP contribution >= 0.6 is 0 Å². The maximum absolute atomic E-state index is 13.7. The number of anilines is 2. The fourth-order valence-electron chi connectivity index (χ4n) is 5.34. The molecule has 1 aromatic carbocycles. The van der Waals surface area contributed by atoms with Crippen molar-refractivity contribution < 1.29 is 33.0 Å². The lowest BCUT2D eigenvalue weighted by Crippen LogP contribution is -2.43. The minimum absolute atomic E-state index is 0.0912. The highest BCUT2D eigenvalue weighted by atomic mass is 32.2. The number of carbonyl (C=O) groups is 1. The predicted octanol–water partition coefficient (Wildman–Crippen LogP) is 2.58. The Morgan fingerprint density at radius 2 is 1.95 bits per heavy atom. The molecule has 3 heterocycles. The smallest absolute Gasteiger partial charge is 0.294 e. The zero-order valence-electron chi connectivity index (χ0n) is 23.0. The molecular weight excluding hydrogens is 542 g/mol. The van der Waals surface area contributed by atoms with E-state index < -0.39 is 27.8 Å². The molecule has 220 valence electrons. The summed E-state index contributed by atoms with van der Waals surface area (Å²) in [6.07, 6.45) is 3.97. The number of ether oxygens (including phenoxy) is 1. The fourth-order valence-corrected chi connectivity index (χ4v) is 6.84. The Kier molecular flexibility index (Phi) is 9.21. The molecule has 40 heavy (non-hydrogen) atoms. The number of nitrogens with zero attached hydrogens (tertiary/aromatic N) is 4. The predicted molar refractivity (Wildman–Crippen MR) is 147 cm³/mol. The van der Waals surface area contributed by atoms with Gasteiger partial charge in [0, 0.05) is 26.3 Å². The van der Waals surface area contributed by atoms with Gasteiger partial charge in [-0.1, -0.05) is 20.3 Å². The van der Waals surface area contributed by atoms with Gasteiger partial charge in [-0.2, -0.15) is 4.31 Å². The van der Waals surface area contributed by atoms with Crippen LogP contribution in [0.2, 0.25) is 0 Å². The summed E-state index contributed by atoms with van der Waals surface area (Å²) in [6, 6.07) is 4.77. The van der Waals surface area contributed by atoms with E-state index in [4.69, 9.17) is 4.74 Å². The number of hydrogen-bond acceptors (Lipinski definition) is 9. The van der Waals surface area contributed by atoms with Crippen LogP contribution in [0, 0.1) is 16.0 Å². The summed E-state index contributed by atoms with van der Waals surface area (Å²) in [6.45, 7) is 4.53. The van der Waals surface area contributed by atoms with Crippen LogP contribution in [0.15, 0.2) is 29.3 Å². The van der Waals surface area contributed by atoms with Gasteiger partial charge in [-0.15, -0.1) is 10.1 Å². The van der Waals surface area contributed by atoms with Gasteiger partial charge in [-0.25, -0.2) is 8.42 Å². The molecular formula is C26H37N5O8S. The molecule has 0 aliphatic carbocycles. The Balaban J connectivity index is 1.65. The number of sulfonamides is 1. The quantitative estimate of drug-likeness (QED) is 0.285. The summed E-state index contributed by atoms with van der Waals surface area (Å²) in [4.78, 5) is 29.5. The van der Waals surface area contributed by atoms with Gasteiger partial charge in [-0.3, -0.25) is 4.79 Å². The van der Waals surface area contributed by atoms with E-state index in [1.165, 1.54) is 10.4 Å². The van der Waals surface area contributed by atoms with Crippen molar-refractivity contribution >= 4 is 27.3 Å². The lowest BCUT2D eigenvalue weighted by Gasteiger charge is -2.34. The zero-order valence-corrected chi connectivity index (χ0v) is 23.9. The van der Waals surface area contributed by atoms with E-state index in [9.17, 15) is 28.4 Å². The maximum Gasteiger partial charge on any atom is 0.294 e. The van der Waals surface area contributed by atoms with E-state index >= 15 is 0 Å². The van der Waals surface area contributed by atoms with Crippen molar-refractivity contribution in [3.8, 4) is 5.75 Å². The summed E-state index contributed by atoms with van der Waals surface area (Å²) in [5, 5.41) is 22.6. The van der Waals surface area contributed by atoms with Crippen LogP contribution in [0.5, 0.6) is 5.75 Å². The number of hydrogen-bond donors (Lipinski definition) is 2. The van der Waals surface area contributed by atoms with Gasteiger partial charge in [0.05, 0.1) is 35.6 Å². The molecule has 0 bridgehead atoms. The number of piperidine rings is 1. The van der Waals surface area contributed by atoms with Gasteiger partial charge in [0.15, 0.2) is 0 Å². The molecule has 0 spiro atoms. The Morgan fingerprint density at radius 1 is 1.23 bits per heavy atom. The molecule has 2 aliphatic rings. The van der Waals surface area contributed by atoms with Gasteiger partial charge in [0.25, 0.3) is 11.0 Å². The zero-order chi connectivity index (χ0) is 29.0. The van der Waals surface area contributed by atoms with Gasteiger partial charge < -0.3 is 29.5 Å². The van der Waals surface area contributed by atoms with Crippen LogP contribution in [0.3, 0.4) is 0 Å². The normalized spacial score (nSPS) is 17.3. The molecule has 2 N–H and O–H groups in total. The first-order valence-electron chi connectivity index (χ1n) is 13.5. The van der Waals surface area contributed by atoms with Crippen LogP contribution < -0.4 is 15.0 Å². The highest BCUT2D eigenvalue weighted by molar-refractivity contribution is 7.89. The largest absolute Gasteiger partial charge is 0.491 e. The molecule has 4 rings (SSSR count). The molecule has 14 heteroatoms. The van der Waals surface area contributed by atoms with E-state index in [-0.39, 0.29) is 36.5 Å². The van der Waals surface area contributed by atoms with E-state index in [1.807, 2.05) is 25.1 Å². The number of benzene rings is 1. The van der Waals surface area contributed by atoms with E-state index in [2.05, 4.69) is 17.1 Å². The SMILES string of the molecule is CCCOc1ccc(S(=O)(=O)N2CCC([C@@H](O)CO[N+](=O)[O-])CC2)cc1N1CNC(=O)c2c1c(CCC)cn2C. The molecule has 1 fully saturated rings. The molecule has 1 saturated heterocycles. The van der Waals surface area contributed by atoms with E-state index in [0.717, 1.165) is 30.5 Å². The first-order valence-corrected chi connectivity index (χ1v) is 15.0. The van der Waals surface area contributed by atoms with Gasteiger partial charge in [0.2, 0.25) is 10.0 Å². The Morgan fingerprint density at radius 3 is 2.60 bits per heavy atom. The molecule has 1 aromatic heterocycles. The summed E-state index contributed by atoms with van der Waals surface area (Å²) >= 11 is 0. The number of aromatic nitrogens is 1. The van der Waals surface area contributed by atoms with Crippen LogP contribution in [-0.4, -0.2) is 72.5 Å². The minimum Gasteiger partial charge on any atom is -0.491 e. The molecule has 2 aliphatic heterocycles. The molecule has 0 unspecified atom stereocenters. The van der Waals surface area contributed by atoms with Crippen molar-refractivity contribution in [1.29, 1.82) is 0 Å². The first kappa shape index (κ1) is 29.6. The molecule has 0 radical (unpaired) electrons. The van der Waals surface area contributed by atoms with Gasteiger partial charge in [-0.05, 0) is 55.4 Å². The maximum atomic E-state index is 13.7. The Bertz CT molecular complexity index is 1340. The van der Waals surface area contributed by atoms with E-state index in [0.29, 0.717) is 36.6 Å². The standard InChI is InChI=1S/C26H37N5O8S/c1-4-6-19-15-28(3)25-24(19)30(17-27-26(25)33)21-14-20(7-8-23(21)38-13-5-2)40(36,37)29-11-9-18(10-12-29)22(32)16-39-31(34)35/h7-8,14-15,18,22,32H,4-6,9-13,16-17H2,1-3H3,(H,27,33)/t22-/m0/s1. The Labute approximate surface area is 233 Å². The van der Waals surface area contributed by atoms with Gasteiger partial charge in [0.1, 0.15) is 18.1 Å². The monoisotopic (exact) mass is 579 g/mol. The molecule has 1 amide bonds. The second-order valence-corrected chi connectivity index (χ2v) is 12.0.